The number of aryl methyl sites for hydroxylation is 2. The average molecular weight is 522 g/mol. The smallest absolute Gasteiger partial charge is 0.244 e. The molecule has 2 rings (SSSR count). The summed E-state index contributed by atoms with van der Waals surface area (Å²) in [5.41, 5.74) is 2.45. The first kappa shape index (κ1) is 28.7. The lowest BCUT2D eigenvalue weighted by Crippen LogP contribution is -2.55. The predicted molar refractivity (Wildman–Crippen MR) is 142 cm³/mol. The van der Waals surface area contributed by atoms with Crippen molar-refractivity contribution < 1.29 is 18.0 Å². The number of benzene rings is 2. The molecule has 0 saturated heterocycles. The minimum atomic E-state index is -3.77. The van der Waals surface area contributed by atoms with E-state index in [9.17, 15) is 18.0 Å². The number of amides is 2. The van der Waals surface area contributed by atoms with Crippen molar-refractivity contribution in [3.05, 3.63) is 64.2 Å². The van der Waals surface area contributed by atoms with Crippen LogP contribution in [0.1, 0.15) is 50.8 Å². The highest BCUT2D eigenvalue weighted by molar-refractivity contribution is 7.92. The SMILES string of the molecule is CC[C@H](C(=O)NC(C)(C)C)N(Cc1ccc(Cl)cc1)C(=O)CN(c1ccc(C)cc1C)S(C)(=O)=O. The molecule has 7 nitrogen and oxygen atoms in total. The van der Waals surface area contributed by atoms with Crippen molar-refractivity contribution in [2.24, 2.45) is 0 Å². The van der Waals surface area contributed by atoms with Crippen LogP contribution in [-0.4, -0.2) is 49.5 Å². The van der Waals surface area contributed by atoms with E-state index in [1.165, 1.54) is 4.90 Å². The molecule has 0 radical (unpaired) electrons. The molecule has 9 heteroatoms. The number of carbonyl (C=O) groups is 2. The molecule has 0 aliphatic heterocycles. The summed E-state index contributed by atoms with van der Waals surface area (Å²) in [4.78, 5) is 28.3. The zero-order chi connectivity index (χ0) is 26.6. The van der Waals surface area contributed by atoms with Gasteiger partial charge in [0.05, 0.1) is 11.9 Å². The number of sulfonamides is 1. The Morgan fingerprint density at radius 1 is 1.06 bits per heavy atom. The van der Waals surface area contributed by atoms with Gasteiger partial charge in [0.1, 0.15) is 12.6 Å². The van der Waals surface area contributed by atoms with E-state index in [0.29, 0.717) is 17.1 Å². The number of rotatable bonds is 9. The number of anilines is 1. The fourth-order valence-electron chi connectivity index (χ4n) is 3.84. The summed E-state index contributed by atoms with van der Waals surface area (Å²) in [5.74, 6) is -0.763. The lowest BCUT2D eigenvalue weighted by Gasteiger charge is -2.34. The number of nitrogens with one attached hydrogen (secondary N) is 1. The fourth-order valence-corrected chi connectivity index (χ4v) is 4.87. The summed E-state index contributed by atoms with van der Waals surface area (Å²) in [6.07, 6.45) is 1.44. The molecule has 1 atom stereocenters. The van der Waals surface area contributed by atoms with Gasteiger partial charge in [-0.25, -0.2) is 8.42 Å². The fraction of sp³-hybridized carbons (Fsp3) is 0.462. The molecule has 35 heavy (non-hydrogen) atoms. The van der Waals surface area contributed by atoms with Gasteiger partial charge in [-0.3, -0.25) is 13.9 Å². The van der Waals surface area contributed by atoms with Crippen LogP contribution >= 0.6 is 11.6 Å². The van der Waals surface area contributed by atoms with Crippen LogP contribution in [0.15, 0.2) is 42.5 Å². The molecule has 2 aromatic rings. The summed E-state index contributed by atoms with van der Waals surface area (Å²) in [6.45, 7) is 10.9. The van der Waals surface area contributed by atoms with Crippen LogP contribution in [0.5, 0.6) is 0 Å². The quantitative estimate of drug-likeness (QED) is 0.528. The van der Waals surface area contributed by atoms with Crippen molar-refractivity contribution in [3.8, 4) is 0 Å². The van der Waals surface area contributed by atoms with Crippen molar-refractivity contribution in [3.63, 3.8) is 0 Å². The van der Waals surface area contributed by atoms with Gasteiger partial charge in [0.25, 0.3) is 0 Å². The summed E-state index contributed by atoms with van der Waals surface area (Å²) in [6, 6.07) is 11.6. The van der Waals surface area contributed by atoms with Gasteiger partial charge in [-0.2, -0.15) is 0 Å². The maximum absolute atomic E-state index is 13.7. The topological polar surface area (TPSA) is 86.8 Å². The van der Waals surface area contributed by atoms with Crippen LogP contribution in [0.2, 0.25) is 5.02 Å². The molecular weight excluding hydrogens is 486 g/mol. The molecule has 0 fully saturated rings. The molecule has 0 saturated carbocycles. The van der Waals surface area contributed by atoms with Crippen LogP contribution in [0.3, 0.4) is 0 Å². The van der Waals surface area contributed by atoms with Gasteiger partial charge in [-0.1, -0.05) is 48.4 Å². The Labute approximate surface area is 214 Å². The lowest BCUT2D eigenvalue weighted by molar-refractivity contribution is -0.141. The highest BCUT2D eigenvalue weighted by Crippen LogP contribution is 2.25. The predicted octanol–water partition coefficient (Wildman–Crippen LogP) is 4.44. The lowest BCUT2D eigenvalue weighted by atomic mass is 10.1. The van der Waals surface area contributed by atoms with E-state index in [2.05, 4.69) is 5.32 Å². The Bertz CT molecular complexity index is 1160. The van der Waals surface area contributed by atoms with Crippen LogP contribution in [0.4, 0.5) is 5.69 Å². The highest BCUT2D eigenvalue weighted by Gasteiger charge is 2.33. The van der Waals surface area contributed by atoms with E-state index in [0.717, 1.165) is 27.3 Å². The van der Waals surface area contributed by atoms with Crippen LogP contribution < -0.4 is 9.62 Å². The molecular formula is C26H36ClN3O4S. The van der Waals surface area contributed by atoms with E-state index in [4.69, 9.17) is 11.6 Å². The Balaban J connectivity index is 2.48. The second-order valence-corrected chi connectivity index (χ2v) is 12.2. The summed E-state index contributed by atoms with van der Waals surface area (Å²) < 4.78 is 26.6. The second kappa shape index (κ2) is 11.4. The van der Waals surface area contributed by atoms with Gasteiger partial charge in [0.2, 0.25) is 21.8 Å². The zero-order valence-electron chi connectivity index (χ0n) is 21.6. The molecule has 0 heterocycles. The standard InChI is InChI=1S/C26H36ClN3O4S/c1-8-22(25(32)28-26(4,5)6)29(16-20-10-12-21(27)13-11-20)24(31)17-30(35(7,33)34)23-14-9-18(2)15-19(23)3/h9-15,22H,8,16-17H2,1-7H3,(H,28,32)/t22-/m1/s1. The van der Waals surface area contributed by atoms with Gasteiger partial charge in [-0.15, -0.1) is 0 Å². The molecule has 2 aromatic carbocycles. The molecule has 2 amide bonds. The number of carbonyl (C=O) groups excluding carboxylic acids is 2. The van der Waals surface area contributed by atoms with Gasteiger partial charge in [-0.05, 0) is 70.4 Å². The largest absolute Gasteiger partial charge is 0.350 e. The van der Waals surface area contributed by atoms with Gasteiger partial charge < -0.3 is 10.2 Å². The van der Waals surface area contributed by atoms with E-state index >= 15 is 0 Å². The first-order valence-corrected chi connectivity index (χ1v) is 13.8. The van der Waals surface area contributed by atoms with Crippen LogP contribution in [0, 0.1) is 13.8 Å². The average Bonchev–Trinajstić information content (AvgIpc) is 2.71. The summed E-state index contributed by atoms with van der Waals surface area (Å²) in [7, 11) is -3.77. The van der Waals surface area contributed by atoms with E-state index in [-0.39, 0.29) is 12.5 Å². The van der Waals surface area contributed by atoms with Gasteiger partial charge in [0, 0.05) is 17.1 Å². The van der Waals surface area contributed by atoms with E-state index in [1.807, 2.05) is 53.7 Å². The number of nitrogens with zero attached hydrogens (tertiary/aromatic N) is 2. The third-order valence-electron chi connectivity index (χ3n) is 5.45. The monoisotopic (exact) mass is 521 g/mol. The third kappa shape index (κ3) is 8.25. The molecule has 0 unspecified atom stereocenters. The number of hydrogen-bond acceptors (Lipinski definition) is 4. The Morgan fingerprint density at radius 2 is 1.66 bits per heavy atom. The molecule has 0 aliphatic carbocycles. The maximum Gasteiger partial charge on any atom is 0.244 e. The first-order chi connectivity index (χ1) is 16.1. The van der Waals surface area contributed by atoms with Gasteiger partial charge >= 0.3 is 0 Å². The molecule has 0 aromatic heterocycles. The van der Waals surface area contributed by atoms with Crippen molar-refractivity contribution in [1.29, 1.82) is 0 Å². The molecule has 1 N–H and O–H groups in total. The molecule has 0 bridgehead atoms. The molecule has 192 valence electrons. The maximum atomic E-state index is 13.7. The van der Waals surface area contributed by atoms with E-state index < -0.39 is 34.1 Å². The Hall–Kier alpha value is -2.58. The Kier molecular flexibility index (Phi) is 9.36. The summed E-state index contributed by atoms with van der Waals surface area (Å²) in [5, 5.41) is 3.50. The summed E-state index contributed by atoms with van der Waals surface area (Å²) >= 11 is 6.02. The van der Waals surface area contributed by atoms with Gasteiger partial charge in [0.15, 0.2) is 0 Å². The zero-order valence-corrected chi connectivity index (χ0v) is 23.1. The van der Waals surface area contributed by atoms with Crippen molar-refractivity contribution >= 4 is 39.1 Å². The highest BCUT2D eigenvalue weighted by atomic mass is 35.5. The number of halogens is 1. The van der Waals surface area contributed by atoms with Crippen molar-refractivity contribution in [1.82, 2.24) is 10.2 Å². The minimum Gasteiger partial charge on any atom is -0.350 e. The van der Waals surface area contributed by atoms with Crippen molar-refractivity contribution in [2.75, 3.05) is 17.1 Å². The van der Waals surface area contributed by atoms with E-state index in [1.54, 1.807) is 30.3 Å². The Morgan fingerprint density at radius 3 is 2.14 bits per heavy atom. The number of hydrogen-bond donors (Lipinski definition) is 1. The van der Waals surface area contributed by atoms with Crippen molar-refractivity contribution in [2.45, 2.75) is 66.1 Å². The molecule has 0 aliphatic rings. The minimum absolute atomic E-state index is 0.135. The first-order valence-electron chi connectivity index (χ1n) is 11.5. The second-order valence-electron chi connectivity index (χ2n) is 9.87. The third-order valence-corrected chi connectivity index (χ3v) is 6.83. The normalized spacial score (nSPS) is 12.7. The van der Waals surface area contributed by atoms with Crippen LogP contribution in [-0.2, 0) is 26.2 Å². The molecule has 0 spiro atoms. The van der Waals surface area contributed by atoms with Crippen LogP contribution in [0.25, 0.3) is 0 Å².